The molecule has 100 valence electrons. The topological polar surface area (TPSA) is 29.9 Å². The standard InChI is InChI=1S/C16H21N3/c1-13-7-8-14(17-12-13)11-16-9-10-18-19(16)15-5-3-2-4-6-15/h2-6,9-10,13-14,17H,7-8,11-12H2,1H3. The molecule has 19 heavy (non-hydrogen) atoms. The van der Waals surface area contributed by atoms with Gasteiger partial charge >= 0.3 is 0 Å². The second kappa shape index (κ2) is 5.57. The quantitative estimate of drug-likeness (QED) is 0.914. The summed E-state index contributed by atoms with van der Waals surface area (Å²) in [6, 6.07) is 13.1. The highest BCUT2D eigenvalue weighted by atomic mass is 15.3. The van der Waals surface area contributed by atoms with Gasteiger partial charge in [-0.25, -0.2) is 4.68 Å². The Labute approximate surface area is 114 Å². The third kappa shape index (κ3) is 2.87. The lowest BCUT2D eigenvalue weighted by Crippen LogP contribution is -2.39. The molecule has 0 saturated carbocycles. The largest absolute Gasteiger partial charge is 0.313 e. The first-order valence-electron chi connectivity index (χ1n) is 7.14. The molecule has 2 unspecified atom stereocenters. The van der Waals surface area contributed by atoms with Gasteiger partial charge in [-0.15, -0.1) is 0 Å². The van der Waals surface area contributed by atoms with Crippen molar-refractivity contribution in [3.05, 3.63) is 48.3 Å². The fourth-order valence-corrected chi connectivity index (χ4v) is 2.77. The second-order valence-electron chi connectivity index (χ2n) is 5.56. The number of hydrogen-bond donors (Lipinski definition) is 1. The lowest BCUT2D eigenvalue weighted by atomic mass is 9.94. The summed E-state index contributed by atoms with van der Waals surface area (Å²) < 4.78 is 2.06. The monoisotopic (exact) mass is 255 g/mol. The van der Waals surface area contributed by atoms with Crippen LogP contribution in [0.3, 0.4) is 0 Å². The highest BCUT2D eigenvalue weighted by Crippen LogP contribution is 2.18. The Hall–Kier alpha value is -1.61. The molecule has 0 spiro atoms. The van der Waals surface area contributed by atoms with Crippen LogP contribution < -0.4 is 5.32 Å². The molecule has 1 N–H and O–H groups in total. The van der Waals surface area contributed by atoms with Crippen molar-refractivity contribution in [1.29, 1.82) is 0 Å². The highest BCUT2D eigenvalue weighted by Gasteiger charge is 2.19. The molecule has 1 aliphatic rings. The molecule has 2 atom stereocenters. The number of aromatic nitrogens is 2. The lowest BCUT2D eigenvalue weighted by molar-refractivity contribution is 0.324. The molecule has 3 nitrogen and oxygen atoms in total. The molecule has 1 fully saturated rings. The summed E-state index contributed by atoms with van der Waals surface area (Å²) in [7, 11) is 0. The molecule has 1 saturated heterocycles. The van der Waals surface area contributed by atoms with Crippen LogP contribution in [-0.2, 0) is 6.42 Å². The van der Waals surface area contributed by atoms with E-state index < -0.39 is 0 Å². The number of hydrogen-bond acceptors (Lipinski definition) is 2. The third-order valence-corrected chi connectivity index (χ3v) is 3.94. The van der Waals surface area contributed by atoms with Crippen LogP contribution in [0.1, 0.15) is 25.5 Å². The van der Waals surface area contributed by atoms with E-state index in [1.807, 2.05) is 12.3 Å². The van der Waals surface area contributed by atoms with Crippen molar-refractivity contribution < 1.29 is 0 Å². The molecule has 2 heterocycles. The van der Waals surface area contributed by atoms with Gasteiger partial charge in [0.2, 0.25) is 0 Å². The average molecular weight is 255 g/mol. The number of benzene rings is 1. The second-order valence-corrected chi connectivity index (χ2v) is 5.56. The van der Waals surface area contributed by atoms with Crippen molar-refractivity contribution in [3.63, 3.8) is 0 Å². The number of para-hydroxylation sites is 1. The molecule has 0 amide bonds. The van der Waals surface area contributed by atoms with E-state index in [1.165, 1.54) is 18.5 Å². The Morgan fingerprint density at radius 1 is 1.21 bits per heavy atom. The average Bonchev–Trinajstić information content (AvgIpc) is 2.90. The van der Waals surface area contributed by atoms with E-state index in [1.54, 1.807) is 0 Å². The maximum atomic E-state index is 4.46. The van der Waals surface area contributed by atoms with Crippen molar-refractivity contribution >= 4 is 0 Å². The van der Waals surface area contributed by atoms with Crippen molar-refractivity contribution in [3.8, 4) is 5.69 Å². The molecular formula is C16H21N3. The van der Waals surface area contributed by atoms with Crippen LogP contribution in [0.4, 0.5) is 0 Å². The summed E-state index contributed by atoms with van der Waals surface area (Å²) in [5.41, 5.74) is 2.44. The van der Waals surface area contributed by atoms with Gasteiger partial charge < -0.3 is 5.32 Å². The van der Waals surface area contributed by atoms with Gasteiger partial charge in [-0.2, -0.15) is 5.10 Å². The molecule has 1 aliphatic heterocycles. The Kier molecular flexibility index (Phi) is 3.65. The highest BCUT2D eigenvalue weighted by molar-refractivity contribution is 5.32. The van der Waals surface area contributed by atoms with Gasteiger partial charge in [0.25, 0.3) is 0 Å². The SMILES string of the molecule is CC1CCC(Cc2ccnn2-c2ccccc2)NC1. The van der Waals surface area contributed by atoms with E-state index in [-0.39, 0.29) is 0 Å². The van der Waals surface area contributed by atoms with Crippen molar-refractivity contribution in [2.24, 2.45) is 5.92 Å². The normalized spacial score (nSPS) is 23.4. The molecule has 1 aromatic heterocycles. The van der Waals surface area contributed by atoms with Gasteiger partial charge in [0.05, 0.1) is 5.69 Å². The molecular weight excluding hydrogens is 234 g/mol. The van der Waals surface area contributed by atoms with Gasteiger partial charge in [-0.1, -0.05) is 25.1 Å². The van der Waals surface area contributed by atoms with Gasteiger partial charge in [-0.05, 0) is 43.5 Å². The summed E-state index contributed by atoms with van der Waals surface area (Å²) in [6.45, 7) is 3.46. The predicted octanol–water partition coefficient (Wildman–Crippen LogP) is 2.80. The van der Waals surface area contributed by atoms with Gasteiger partial charge in [0.15, 0.2) is 0 Å². The van der Waals surface area contributed by atoms with E-state index in [4.69, 9.17) is 0 Å². The van der Waals surface area contributed by atoms with Crippen molar-refractivity contribution in [2.45, 2.75) is 32.2 Å². The Bertz CT molecular complexity index is 510. The first-order chi connectivity index (χ1) is 9.33. The Morgan fingerprint density at radius 3 is 2.79 bits per heavy atom. The molecule has 0 radical (unpaired) electrons. The van der Waals surface area contributed by atoms with Crippen LogP contribution in [-0.4, -0.2) is 22.4 Å². The first kappa shape index (κ1) is 12.4. The summed E-state index contributed by atoms with van der Waals surface area (Å²) in [5.74, 6) is 0.815. The van der Waals surface area contributed by atoms with E-state index in [2.05, 4.69) is 52.4 Å². The molecule has 0 aliphatic carbocycles. The van der Waals surface area contributed by atoms with E-state index in [9.17, 15) is 0 Å². The van der Waals surface area contributed by atoms with Gasteiger partial charge in [-0.3, -0.25) is 0 Å². The maximum Gasteiger partial charge on any atom is 0.0648 e. The summed E-state index contributed by atoms with van der Waals surface area (Å²) in [4.78, 5) is 0. The minimum absolute atomic E-state index is 0.593. The zero-order chi connectivity index (χ0) is 13.1. The predicted molar refractivity (Wildman–Crippen MR) is 77.5 cm³/mol. The summed E-state index contributed by atoms with van der Waals surface area (Å²) in [6.07, 6.45) is 5.55. The smallest absolute Gasteiger partial charge is 0.0648 e. The van der Waals surface area contributed by atoms with Crippen molar-refractivity contribution in [1.82, 2.24) is 15.1 Å². The number of piperidine rings is 1. The van der Waals surface area contributed by atoms with E-state index in [0.29, 0.717) is 6.04 Å². The number of nitrogens with one attached hydrogen (secondary N) is 1. The lowest BCUT2D eigenvalue weighted by Gasteiger charge is -2.27. The zero-order valence-electron chi connectivity index (χ0n) is 11.4. The fraction of sp³-hybridized carbons (Fsp3) is 0.438. The van der Waals surface area contributed by atoms with Crippen LogP contribution in [0.2, 0.25) is 0 Å². The Morgan fingerprint density at radius 2 is 2.05 bits per heavy atom. The van der Waals surface area contributed by atoms with Crippen molar-refractivity contribution in [2.75, 3.05) is 6.54 Å². The maximum absolute atomic E-state index is 4.46. The minimum atomic E-state index is 0.593. The fourth-order valence-electron chi connectivity index (χ4n) is 2.77. The molecule has 2 aromatic rings. The Balaban J connectivity index is 1.74. The van der Waals surface area contributed by atoms with E-state index in [0.717, 1.165) is 24.6 Å². The van der Waals surface area contributed by atoms with Gasteiger partial charge in [0, 0.05) is 24.4 Å². The first-order valence-corrected chi connectivity index (χ1v) is 7.14. The summed E-state index contributed by atoms with van der Waals surface area (Å²) >= 11 is 0. The van der Waals surface area contributed by atoms with Gasteiger partial charge in [0.1, 0.15) is 0 Å². The molecule has 3 heteroatoms. The van der Waals surface area contributed by atoms with E-state index >= 15 is 0 Å². The van der Waals surface area contributed by atoms with Crippen LogP contribution in [0.15, 0.2) is 42.6 Å². The molecule has 0 bridgehead atoms. The van der Waals surface area contributed by atoms with Crippen LogP contribution in [0.5, 0.6) is 0 Å². The van der Waals surface area contributed by atoms with Crippen LogP contribution in [0, 0.1) is 5.92 Å². The molecule has 3 rings (SSSR count). The molecule has 1 aromatic carbocycles. The zero-order valence-corrected chi connectivity index (χ0v) is 11.4. The number of rotatable bonds is 3. The third-order valence-electron chi connectivity index (χ3n) is 3.94. The minimum Gasteiger partial charge on any atom is -0.313 e. The summed E-state index contributed by atoms with van der Waals surface area (Å²) in [5, 5.41) is 8.10. The number of nitrogens with zero attached hydrogens (tertiary/aromatic N) is 2. The van der Waals surface area contributed by atoms with Crippen LogP contribution in [0.25, 0.3) is 5.69 Å². The van der Waals surface area contributed by atoms with Crippen LogP contribution >= 0.6 is 0 Å².